The molecule has 5 heteroatoms. The summed E-state index contributed by atoms with van der Waals surface area (Å²) in [5, 5.41) is 9.41. The summed E-state index contributed by atoms with van der Waals surface area (Å²) in [6, 6.07) is 25.0. The van der Waals surface area contributed by atoms with Gasteiger partial charge < -0.3 is 5.32 Å². The molecule has 0 radical (unpaired) electrons. The molecule has 3 aromatic heterocycles. The van der Waals surface area contributed by atoms with E-state index in [0.29, 0.717) is 5.92 Å². The van der Waals surface area contributed by atoms with Crippen molar-refractivity contribution in [2.75, 3.05) is 11.9 Å². The molecule has 1 unspecified atom stereocenters. The molecule has 0 bridgehead atoms. The summed E-state index contributed by atoms with van der Waals surface area (Å²) >= 11 is 0. The maximum Gasteiger partial charge on any atom is 0.153 e. The number of hydrogen-bond donors (Lipinski definition) is 1. The first kappa shape index (κ1) is 18.3. The Morgan fingerprint density at radius 3 is 2.73 bits per heavy atom. The van der Waals surface area contributed by atoms with Crippen molar-refractivity contribution in [3.05, 3.63) is 102 Å². The molecule has 1 N–H and O–H groups in total. The van der Waals surface area contributed by atoms with Gasteiger partial charge in [0.05, 0.1) is 17.4 Å². The SMILES string of the molecule is CC(CNc1ccc2ncc(Cc3ccc4ncccc4c3)n2n1)c1ccccc1. The quantitative estimate of drug-likeness (QED) is 0.437. The van der Waals surface area contributed by atoms with Crippen LogP contribution < -0.4 is 5.32 Å². The number of imidazole rings is 1. The van der Waals surface area contributed by atoms with Gasteiger partial charge in [-0.2, -0.15) is 0 Å². The minimum atomic E-state index is 0.400. The molecule has 3 heterocycles. The maximum absolute atomic E-state index is 4.79. The third-order valence-corrected chi connectivity index (χ3v) is 5.44. The fourth-order valence-electron chi connectivity index (χ4n) is 3.74. The van der Waals surface area contributed by atoms with E-state index < -0.39 is 0 Å². The monoisotopic (exact) mass is 393 g/mol. The first-order valence-corrected chi connectivity index (χ1v) is 10.2. The van der Waals surface area contributed by atoms with Gasteiger partial charge in [-0.15, -0.1) is 5.10 Å². The van der Waals surface area contributed by atoms with Gasteiger partial charge in [-0.25, -0.2) is 9.50 Å². The molecule has 148 valence electrons. The highest BCUT2D eigenvalue weighted by Gasteiger charge is 2.09. The topological polar surface area (TPSA) is 55.1 Å². The van der Waals surface area contributed by atoms with Crippen molar-refractivity contribution in [3.63, 3.8) is 0 Å². The van der Waals surface area contributed by atoms with E-state index in [4.69, 9.17) is 5.10 Å². The minimum Gasteiger partial charge on any atom is -0.368 e. The number of aromatic nitrogens is 4. The number of hydrogen-bond acceptors (Lipinski definition) is 4. The van der Waals surface area contributed by atoms with E-state index in [1.54, 1.807) is 0 Å². The van der Waals surface area contributed by atoms with Crippen molar-refractivity contribution in [1.82, 2.24) is 19.6 Å². The van der Waals surface area contributed by atoms with E-state index in [2.05, 4.69) is 70.7 Å². The normalized spacial score (nSPS) is 12.3. The molecule has 5 aromatic rings. The minimum absolute atomic E-state index is 0.400. The summed E-state index contributed by atoms with van der Waals surface area (Å²) in [5.74, 6) is 1.25. The maximum atomic E-state index is 4.79. The standard InChI is InChI=1S/C25H23N5/c1-18(20-6-3-2-4-7-20)16-27-24-11-12-25-28-17-22(30(25)29-24)15-19-9-10-23-21(14-19)8-5-13-26-23/h2-14,17-18H,15-16H2,1H3,(H,27,29). The molecule has 0 amide bonds. The Hall–Kier alpha value is -3.73. The molecule has 0 aliphatic rings. The van der Waals surface area contributed by atoms with Gasteiger partial charge in [0.25, 0.3) is 0 Å². The molecule has 5 rings (SSSR count). The Labute approximate surface area is 175 Å². The lowest BCUT2D eigenvalue weighted by Gasteiger charge is -2.13. The van der Waals surface area contributed by atoms with Gasteiger partial charge in [0.15, 0.2) is 5.65 Å². The lowest BCUT2D eigenvalue weighted by Crippen LogP contribution is -2.12. The molecule has 0 aliphatic heterocycles. The average Bonchev–Trinajstić information content (AvgIpc) is 3.20. The smallest absolute Gasteiger partial charge is 0.153 e. The molecule has 5 nitrogen and oxygen atoms in total. The van der Waals surface area contributed by atoms with Gasteiger partial charge in [-0.3, -0.25) is 4.98 Å². The highest BCUT2D eigenvalue weighted by atomic mass is 15.3. The van der Waals surface area contributed by atoms with Crippen LogP contribution in [0.1, 0.15) is 29.7 Å². The first-order valence-electron chi connectivity index (χ1n) is 10.2. The second-order valence-electron chi connectivity index (χ2n) is 7.64. The Bertz CT molecular complexity index is 1290. The predicted molar refractivity (Wildman–Crippen MR) is 121 cm³/mol. The lowest BCUT2D eigenvalue weighted by atomic mass is 10.0. The van der Waals surface area contributed by atoms with Gasteiger partial charge in [0.1, 0.15) is 5.82 Å². The Morgan fingerprint density at radius 2 is 1.83 bits per heavy atom. The third-order valence-electron chi connectivity index (χ3n) is 5.44. The van der Waals surface area contributed by atoms with E-state index in [1.165, 1.54) is 11.1 Å². The van der Waals surface area contributed by atoms with Gasteiger partial charge in [0.2, 0.25) is 0 Å². The van der Waals surface area contributed by atoms with Gasteiger partial charge >= 0.3 is 0 Å². The number of rotatable bonds is 6. The number of fused-ring (bicyclic) bond motifs is 2. The predicted octanol–water partition coefficient (Wildman–Crippen LogP) is 5.08. The highest BCUT2D eigenvalue weighted by Crippen LogP contribution is 2.19. The van der Waals surface area contributed by atoms with Gasteiger partial charge in [0, 0.05) is 24.5 Å². The van der Waals surface area contributed by atoms with Crippen LogP contribution in [0.5, 0.6) is 0 Å². The Kier molecular flexibility index (Phi) is 4.85. The van der Waals surface area contributed by atoms with E-state index in [0.717, 1.165) is 41.0 Å². The number of nitrogens with zero attached hydrogens (tertiary/aromatic N) is 4. The van der Waals surface area contributed by atoms with E-state index in [1.807, 2.05) is 41.2 Å². The van der Waals surface area contributed by atoms with E-state index in [-0.39, 0.29) is 0 Å². The zero-order valence-corrected chi connectivity index (χ0v) is 16.9. The molecule has 1 atom stereocenters. The summed E-state index contributed by atoms with van der Waals surface area (Å²) < 4.78 is 1.93. The van der Waals surface area contributed by atoms with E-state index >= 15 is 0 Å². The third kappa shape index (κ3) is 3.74. The molecule has 0 aliphatic carbocycles. The van der Waals surface area contributed by atoms with Crippen LogP contribution in [0.15, 0.2) is 85.2 Å². The summed E-state index contributed by atoms with van der Waals surface area (Å²) in [4.78, 5) is 8.92. The van der Waals surface area contributed by atoms with Crippen molar-refractivity contribution >= 4 is 22.4 Å². The van der Waals surface area contributed by atoms with Gasteiger partial charge in [-0.1, -0.05) is 49.4 Å². The second kappa shape index (κ2) is 7.95. The summed E-state index contributed by atoms with van der Waals surface area (Å²) in [6.07, 6.45) is 4.50. The molecular weight excluding hydrogens is 370 g/mol. The average molecular weight is 393 g/mol. The summed E-state index contributed by atoms with van der Waals surface area (Å²) in [5.41, 5.74) is 5.47. The molecule has 30 heavy (non-hydrogen) atoms. The number of pyridine rings is 1. The van der Waals surface area contributed by atoms with Crippen molar-refractivity contribution in [1.29, 1.82) is 0 Å². The van der Waals surface area contributed by atoms with Crippen LogP contribution in [0, 0.1) is 0 Å². The van der Waals surface area contributed by atoms with Crippen LogP contribution in [-0.2, 0) is 6.42 Å². The van der Waals surface area contributed by atoms with Crippen LogP contribution in [-0.4, -0.2) is 26.1 Å². The summed E-state index contributed by atoms with van der Waals surface area (Å²) in [6.45, 7) is 3.04. The second-order valence-corrected chi connectivity index (χ2v) is 7.64. The molecule has 0 saturated carbocycles. The molecule has 0 spiro atoms. The van der Waals surface area contributed by atoms with Crippen LogP contribution in [0.2, 0.25) is 0 Å². The summed E-state index contributed by atoms with van der Waals surface area (Å²) in [7, 11) is 0. The van der Waals surface area contributed by atoms with Crippen molar-refractivity contribution in [3.8, 4) is 0 Å². The van der Waals surface area contributed by atoms with Crippen molar-refractivity contribution < 1.29 is 0 Å². The van der Waals surface area contributed by atoms with Crippen LogP contribution >= 0.6 is 0 Å². The number of nitrogens with one attached hydrogen (secondary N) is 1. The van der Waals surface area contributed by atoms with Crippen molar-refractivity contribution in [2.45, 2.75) is 19.3 Å². The molecular formula is C25H23N5. The molecule has 0 saturated heterocycles. The number of benzene rings is 2. The van der Waals surface area contributed by atoms with Crippen LogP contribution in [0.3, 0.4) is 0 Å². The molecule has 0 fully saturated rings. The fourth-order valence-corrected chi connectivity index (χ4v) is 3.74. The van der Waals surface area contributed by atoms with Crippen LogP contribution in [0.25, 0.3) is 16.6 Å². The largest absolute Gasteiger partial charge is 0.368 e. The Balaban J connectivity index is 1.36. The first-order chi connectivity index (χ1) is 14.8. The Morgan fingerprint density at radius 1 is 0.933 bits per heavy atom. The zero-order valence-electron chi connectivity index (χ0n) is 16.9. The van der Waals surface area contributed by atoms with Crippen molar-refractivity contribution in [2.24, 2.45) is 0 Å². The number of anilines is 1. The molecule has 2 aromatic carbocycles. The van der Waals surface area contributed by atoms with Gasteiger partial charge in [-0.05, 0) is 47.4 Å². The fraction of sp³-hybridized carbons (Fsp3) is 0.160. The highest BCUT2D eigenvalue weighted by molar-refractivity contribution is 5.79. The van der Waals surface area contributed by atoms with Crippen LogP contribution in [0.4, 0.5) is 5.82 Å². The van der Waals surface area contributed by atoms with E-state index in [9.17, 15) is 0 Å². The lowest BCUT2D eigenvalue weighted by molar-refractivity contribution is 0.790. The zero-order chi connectivity index (χ0) is 20.3.